The fourth-order valence-electron chi connectivity index (χ4n) is 2.07. The third kappa shape index (κ3) is 4.98. The first-order valence-corrected chi connectivity index (χ1v) is 7.59. The van der Waals surface area contributed by atoms with Crippen LogP contribution in [0.4, 0.5) is 18.9 Å². The first-order chi connectivity index (χ1) is 12.2. The van der Waals surface area contributed by atoms with E-state index in [1.165, 1.54) is 23.1 Å². The van der Waals surface area contributed by atoms with Gasteiger partial charge in [-0.05, 0) is 17.7 Å². The summed E-state index contributed by atoms with van der Waals surface area (Å²) in [6, 6.07) is 12.8. The van der Waals surface area contributed by atoms with Crippen LogP contribution in [-0.4, -0.2) is 37.0 Å². The molecule has 0 bridgehead atoms. The number of benzene rings is 2. The molecule has 0 aliphatic heterocycles. The van der Waals surface area contributed by atoms with Gasteiger partial charge in [-0.25, -0.2) is 0 Å². The Kier molecular flexibility index (Phi) is 5.86. The van der Waals surface area contributed by atoms with Crippen LogP contribution in [0, 0.1) is 0 Å². The standard InChI is InChI=1S/C18H17F3N2O3/c1-23(2)16(24)14-9-8-13(22-17(25)18(19,20)21)10-15(14)26-11-12-6-4-3-5-7-12/h3-10H,11H2,1-2H3,(H,22,25). The van der Waals surface area contributed by atoms with Gasteiger partial charge in [0.05, 0.1) is 5.56 Å². The van der Waals surface area contributed by atoms with E-state index in [1.807, 2.05) is 30.3 Å². The average molecular weight is 366 g/mol. The summed E-state index contributed by atoms with van der Waals surface area (Å²) in [7, 11) is 3.09. The van der Waals surface area contributed by atoms with Gasteiger partial charge in [0.15, 0.2) is 0 Å². The molecule has 0 unspecified atom stereocenters. The molecule has 2 rings (SSSR count). The van der Waals surface area contributed by atoms with Gasteiger partial charge in [0, 0.05) is 25.8 Å². The molecular formula is C18H17F3N2O3. The number of halogens is 3. The Morgan fingerprint density at radius 1 is 1.08 bits per heavy atom. The highest BCUT2D eigenvalue weighted by Crippen LogP contribution is 2.27. The van der Waals surface area contributed by atoms with E-state index in [2.05, 4.69) is 0 Å². The van der Waals surface area contributed by atoms with E-state index in [1.54, 1.807) is 19.4 Å². The van der Waals surface area contributed by atoms with Crippen molar-refractivity contribution in [2.24, 2.45) is 0 Å². The normalized spacial score (nSPS) is 11.0. The van der Waals surface area contributed by atoms with E-state index < -0.39 is 12.1 Å². The molecule has 0 aliphatic rings. The van der Waals surface area contributed by atoms with Gasteiger partial charge in [0.25, 0.3) is 5.91 Å². The lowest BCUT2D eigenvalue weighted by Crippen LogP contribution is -2.30. The summed E-state index contributed by atoms with van der Waals surface area (Å²) in [6.07, 6.45) is -5.01. The minimum Gasteiger partial charge on any atom is -0.488 e. The number of hydrogen-bond donors (Lipinski definition) is 1. The molecule has 5 nitrogen and oxygen atoms in total. The number of hydrogen-bond acceptors (Lipinski definition) is 3. The molecule has 2 aromatic rings. The van der Waals surface area contributed by atoms with E-state index in [0.717, 1.165) is 5.56 Å². The minimum absolute atomic E-state index is 0.0764. The number of ether oxygens (including phenoxy) is 1. The summed E-state index contributed by atoms with van der Waals surface area (Å²) in [5, 5.41) is 1.75. The van der Waals surface area contributed by atoms with Crippen molar-refractivity contribution in [3.8, 4) is 5.75 Å². The smallest absolute Gasteiger partial charge is 0.471 e. The Bertz CT molecular complexity index is 790. The molecule has 0 fully saturated rings. The van der Waals surface area contributed by atoms with E-state index in [4.69, 9.17) is 4.74 Å². The lowest BCUT2D eigenvalue weighted by Gasteiger charge is -2.16. The Hall–Kier alpha value is -3.03. The van der Waals surface area contributed by atoms with Crippen molar-refractivity contribution in [1.82, 2.24) is 4.90 Å². The van der Waals surface area contributed by atoms with Crippen molar-refractivity contribution in [2.45, 2.75) is 12.8 Å². The molecule has 2 amide bonds. The topological polar surface area (TPSA) is 58.6 Å². The molecule has 0 aromatic heterocycles. The van der Waals surface area contributed by atoms with E-state index in [0.29, 0.717) is 0 Å². The Morgan fingerprint density at radius 3 is 2.31 bits per heavy atom. The lowest BCUT2D eigenvalue weighted by molar-refractivity contribution is -0.167. The summed E-state index contributed by atoms with van der Waals surface area (Å²) < 4.78 is 42.9. The van der Waals surface area contributed by atoms with Crippen LogP contribution in [0.5, 0.6) is 5.75 Å². The van der Waals surface area contributed by atoms with Crippen molar-refractivity contribution in [2.75, 3.05) is 19.4 Å². The molecule has 0 aliphatic carbocycles. The van der Waals surface area contributed by atoms with Crippen LogP contribution >= 0.6 is 0 Å². The molecule has 0 atom stereocenters. The number of rotatable bonds is 5. The minimum atomic E-state index is -5.01. The predicted octanol–water partition coefficient (Wildman–Crippen LogP) is 3.47. The quantitative estimate of drug-likeness (QED) is 0.882. The van der Waals surface area contributed by atoms with Crippen molar-refractivity contribution in [3.05, 3.63) is 59.7 Å². The van der Waals surface area contributed by atoms with Crippen LogP contribution in [0.3, 0.4) is 0 Å². The second-order valence-electron chi connectivity index (χ2n) is 5.64. The van der Waals surface area contributed by atoms with Gasteiger partial charge >= 0.3 is 12.1 Å². The molecule has 0 saturated heterocycles. The highest BCUT2D eigenvalue weighted by molar-refractivity contribution is 5.99. The number of nitrogens with one attached hydrogen (secondary N) is 1. The largest absolute Gasteiger partial charge is 0.488 e. The summed E-state index contributed by atoms with van der Waals surface area (Å²) in [5.74, 6) is -2.40. The van der Waals surface area contributed by atoms with Gasteiger partial charge in [-0.15, -0.1) is 0 Å². The number of amides is 2. The molecule has 2 aromatic carbocycles. The molecule has 26 heavy (non-hydrogen) atoms. The molecule has 0 spiro atoms. The first kappa shape index (κ1) is 19.3. The third-order valence-corrected chi connectivity index (χ3v) is 3.37. The Balaban J connectivity index is 2.28. The van der Waals surface area contributed by atoms with Crippen molar-refractivity contribution >= 4 is 17.5 Å². The van der Waals surface area contributed by atoms with Gasteiger partial charge < -0.3 is 15.0 Å². The second kappa shape index (κ2) is 7.90. The SMILES string of the molecule is CN(C)C(=O)c1ccc(NC(=O)C(F)(F)F)cc1OCc1ccccc1. The van der Waals surface area contributed by atoms with Gasteiger partial charge in [-0.2, -0.15) is 13.2 Å². The maximum absolute atomic E-state index is 12.4. The fourth-order valence-corrected chi connectivity index (χ4v) is 2.07. The summed E-state index contributed by atoms with van der Waals surface area (Å²) in [4.78, 5) is 24.7. The number of anilines is 1. The number of nitrogens with zero attached hydrogens (tertiary/aromatic N) is 1. The predicted molar refractivity (Wildman–Crippen MR) is 89.9 cm³/mol. The fraction of sp³-hybridized carbons (Fsp3) is 0.222. The van der Waals surface area contributed by atoms with Crippen LogP contribution in [-0.2, 0) is 11.4 Å². The maximum atomic E-state index is 12.4. The molecule has 8 heteroatoms. The lowest BCUT2D eigenvalue weighted by atomic mass is 10.1. The molecule has 0 saturated carbocycles. The number of alkyl halides is 3. The summed E-state index contributed by atoms with van der Waals surface area (Å²) in [5.41, 5.74) is 0.877. The van der Waals surface area contributed by atoms with Crippen LogP contribution < -0.4 is 10.1 Å². The van der Waals surface area contributed by atoms with Crippen molar-refractivity contribution in [1.29, 1.82) is 0 Å². The Morgan fingerprint density at radius 2 is 1.73 bits per heavy atom. The number of carbonyl (C=O) groups is 2. The molecule has 0 radical (unpaired) electrons. The van der Waals surface area contributed by atoms with E-state index in [9.17, 15) is 22.8 Å². The van der Waals surface area contributed by atoms with E-state index in [-0.39, 0.29) is 29.5 Å². The Labute approximate surface area is 148 Å². The first-order valence-electron chi connectivity index (χ1n) is 7.59. The number of carbonyl (C=O) groups excluding carboxylic acids is 2. The second-order valence-corrected chi connectivity index (χ2v) is 5.64. The van der Waals surface area contributed by atoms with Crippen LogP contribution in [0.25, 0.3) is 0 Å². The van der Waals surface area contributed by atoms with Crippen molar-refractivity contribution < 1.29 is 27.5 Å². The average Bonchev–Trinajstić information content (AvgIpc) is 2.59. The molecule has 1 N–H and O–H groups in total. The van der Waals surface area contributed by atoms with Gasteiger partial charge in [-0.3, -0.25) is 9.59 Å². The summed E-state index contributed by atoms with van der Waals surface area (Å²) >= 11 is 0. The van der Waals surface area contributed by atoms with E-state index >= 15 is 0 Å². The molecule has 0 heterocycles. The molecule has 138 valence electrons. The van der Waals surface area contributed by atoms with Gasteiger partial charge in [-0.1, -0.05) is 30.3 Å². The highest BCUT2D eigenvalue weighted by atomic mass is 19.4. The zero-order valence-corrected chi connectivity index (χ0v) is 14.1. The van der Waals surface area contributed by atoms with Gasteiger partial charge in [0.2, 0.25) is 0 Å². The monoisotopic (exact) mass is 366 g/mol. The third-order valence-electron chi connectivity index (χ3n) is 3.37. The van der Waals surface area contributed by atoms with Gasteiger partial charge in [0.1, 0.15) is 12.4 Å². The maximum Gasteiger partial charge on any atom is 0.471 e. The van der Waals surface area contributed by atoms with Crippen LogP contribution in [0.1, 0.15) is 15.9 Å². The molecular weight excluding hydrogens is 349 g/mol. The van der Waals surface area contributed by atoms with Crippen LogP contribution in [0.2, 0.25) is 0 Å². The van der Waals surface area contributed by atoms with Crippen molar-refractivity contribution in [3.63, 3.8) is 0 Å². The van der Waals surface area contributed by atoms with Crippen LogP contribution in [0.15, 0.2) is 48.5 Å². The highest BCUT2D eigenvalue weighted by Gasteiger charge is 2.38. The zero-order chi connectivity index (χ0) is 19.3. The zero-order valence-electron chi connectivity index (χ0n) is 14.1. The summed E-state index contributed by atoms with van der Waals surface area (Å²) in [6.45, 7) is 0.116.